The fourth-order valence-electron chi connectivity index (χ4n) is 4.46. The number of piperidine rings is 2. The molecule has 0 spiro atoms. The lowest BCUT2D eigenvalue weighted by molar-refractivity contribution is -0.127. The number of rotatable bonds is 6. The molecule has 0 aromatic carbocycles. The van der Waals surface area contributed by atoms with Crippen molar-refractivity contribution in [3.8, 4) is 5.88 Å². The van der Waals surface area contributed by atoms with Crippen molar-refractivity contribution in [3.05, 3.63) is 42.5 Å². The summed E-state index contributed by atoms with van der Waals surface area (Å²) in [6, 6.07) is 6.30. The number of hydrogen-bond acceptors (Lipinski definition) is 7. The number of ether oxygens (including phenoxy) is 1. The molecule has 0 unspecified atom stereocenters. The maximum Gasteiger partial charge on any atom is 0.224 e. The second-order valence-electron chi connectivity index (χ2n) is 8.05. The van der Waals surface area contributed by atoms with E-state index in [0.29, 0.717) is 18.5 Å². The summed E-state index contributed by atoms with van der Waals surface area (Å²) in [5, 5.41) is 3.09. The van der Waals surface area contributed by atoms with Crippen molar-refractivity contribution in [2.75, 3.05) is 38.2 Å². The molecular weight excluding hydrogens is 380 g/mol. The third kappa shape index (κ3) is 5.05. The van der Waals surface area contributed by atoms with Gasteiger partial charge >= 0.3 is 0 Å². The summed E-state index contributed by atoms with van der Waals surface area (Å²) in [5.41, 5.74) is 1.03. The fourth-order valence-corrected chi connectivity index (χ4v) is 4.46. The maximum atomic E-state index is 12.7. The molecule has 8 nitrogen and oxygen atoms in total. The Hall–Kier alpha value is -2.74. The number of aromatic nitrogens is 3. The third-order valence-electron chi connectivity index (χ3n) is 6.15. The highest BCUT2D eigenvalue weighted by Crippen LogP contribution is 2.26. The predicted molar refractivity (Wildman–Crippen MR) is 114 cm³/mol. The second kappa shape index (κ2) is 9.84. The van der Waals surface area contributed by atoms with Crippen molar-refractivity contribution in [2.24, 2.45) is 5.92 Å². The molecule has 2 aromatic rings. The summed E-state index contributed by atoms with van der Waals surface area (Å²) in [6.07, 6.45) is 9.31. The molecule has 2 fully saturated rings. The highest BCUT2D eigenvalue weighted by molar-refractivity contribution is 5.78. The molecule has 2 aliphatic rings. The molecule has 2 saturated heterocycles. The zero-order valence-electron chi connectivity index (χ0n) is 17.5. The van der Waals surface area contributed by atoms with Crippen LogP contribution < -0.4 is 15.0 Å². The van der Waals surface area contributed by atoms with Crippen LogP contribution in [0.4, 0.5) is 5.82 Å². The number of carbonyl (C=O) groups is 1. The Morgan fingerprint density at radius 3 is 2.87 bits per heavy atom. The first-order chi connectivity index (χ1) is 14.7. The molecular formula is C22H30N6O2. The molecule has 0 aliphatic carbocycles. The Balaban J connectivity index is 1.27. The molecule has 4 heterocycles. The van der Waals surface area contributed by atoms with Gasteiger partial charge in [0.15, 0.2) is 0 Å². The average Bonchev–Trinajstić information content (AvgIpc) is 2.83. The van der Waals surface area contributed by atoms with E-state index >= 15 is 0 Å². The minimum atomic E-state index is 0.0691. The van der Waals surface area contributed by atoms with Crippen LogP contribution in [-0.4, -0.2) is 65.1 Å². The number of methoxy groups -OCH3 is 1. The molecule has 0 radical (unpaired) electrons. The Kier molecular flexibility index (Phi) is 6.74. The zero-order chi connectivity index (χ0) is 20.8. The number of carbonyl (C=O) groups excluding carboxylic acids is 1. The van der Waals surface area contributed by atoms with Gasteiger partial charge in [-0.05, 0) is 43.9 Å². The normalized spacial score (nSPS) is 20.7. The van der Waals surface area contributed by atoms with Crippen molar-refractivity contribution < 1.29 is 9.53 Å². The van der Waals surface area contributed by atoms with Crippen LogP contribution in [0.25, 0.3) is 0 Å². The number of nitrogens with one attached hydrogen (secondary N) is 1. The topological polar surface area (TPSA) is 83.5 Å². The second-order valence-corrected chi connectivity index (χ2v) is 8.05. The smallest absolute Gasteiger partial charge is 0.224 e. The number of nitrogens with zero attached hydrogens (tertiary/aromatic N) is 5. The van der Waals surface area contributed by atoms with Gasteiger partial charge in [0.25, 0.3) is 0 Å². The van der Waals surface area contributed by atoms with Gasteiger partial charge in [-0.2, -0.15) is 0 Å². The lowest BCUT2D eigenvalue weighted by Gasteiger charge is -2.42. The summed E-state index contributed by atoms with van der Waals surface area (Å²) in [7, 11) is 1.62. The Morgan fingerprint density at radius 2 is 2.10 bits per heavy atom. The van der Waals surface area contributed by atoms with Crippen LogP contribution in [0.2, 0.25) is 0 Å². The van der Waals surface area contributed by atoms with E-state index in [4.69, 9.17) is 4.74 Å². The Labute approximate surface area is 177 Å². The lowest BCUT2D eigenvalue weighted by Crippen LogP contribution is -2.50. The first-order valence-corrected chi connectivity index (χ1v) is 10.7. The number of pyridine rings is 1. The summed E-state index contributed by atoms with van der Waals surface area (Å²) in [6.45, 7) is 4.39. The molecule has 8 heteroatoms. The zero-order valence-corrected chi connectivity index (χ0v) is 17.5. The van der Waals surface area contributed by atoms with Gasteiger partial charge in [0.05, 0.1) is 13.0 Å². The van der Waals surface area contributed by atoms with E-state index in [1.54, 1.807) is 25.8 Å². The molecule has 2 aromatic heterocycles. The van der Waals surface area contributed by atoms with Gasteiger partial charge in [-0.3, -0.25) is 14.7 Å². The maximum absolute atomic E-state index is 12.7. The van der Waals surface area contributed by atoms with Gasteiger partial charge in [-0.25, -0.2) is 9.97 Å². The quantitative estimate of drug-likeness (QED) is 0.778. The Bertz CT molecular complexity index is 825. The molecule has 30 heavy (non-hydrogen) atoms. The van der Waals surface area contributed by atoms with Crippen LogP contribution in [-0.2, 0) is 11.3 Å². The van der Waals surface area contributed by atoms with Crippen LogP contribution in [0.3, 0.4) is 0 Å². The summed E-state index contributed by atoms with van der Waals surface area (Å²) in [5.74, 6) is 1.75. The third-order valence-corrected chi connectivity index (χ3v) is 6.15. The van der Waals surface area contributed by atoms with Gasteiger partial charge < -0.3 is 15.0 Å². The van der Waals surface area contributed by atoms with E-state index in [1.807, 2.05) is 18.2 Å². The van der Waals surface area contributed by atoms with E-state index in [9.17, 15) is 4.79 Å². The van der Waals surface area contributed by atoms with Crippen molar-refractivity contribution >= 4 is 11.7 Å². The van der Waals surface area contributed by atoms with Gasteiger partial charge in [-0.1, -0.05) is 6.07 Å². The van der Waals surface area contributed by atoms with E-state index in [0.717, 1.165) is 63.2 Å². The summed E-state index contributed by atoms with van der Waals surface area (Å²) in [4.78, 5) is 30.1. The molecule has 160 valence electrons. The number of amides is 1. The van der Waals surface area contributed by atoms with Crippen molar-refractivity contribution in [1.82, 2.24) is 25.2 Å². The van der Waals surface area contributed by atoms with Crippen LogP contribution in [0.15, 0.2) is 36.9 Å². The monoisotopic (exact) mass is 410 g/mol. The van der Waals surface area contributed by atoms with Crippen molar-refractivity contribution in [3.63, 3.8) is 0 Å². The molecule has 2 aliphatic heterocycles. The van der Waals surface area contributed by atoms with Crippen LogP contribution >= 0.6 is 0 Å². The first kappa shape index (κ1) is 20.5. The van der Waals surface area contributed by atoms with Gasteiger partial charge in [0, 0.05) is 50.7 Å². The van der Waals surface area contributed by atoms with Gasteiger partial charge in [-0.15, -0.1) is 0 Å². The molecule has 1 amide bonds. The standard InChI is InChI=1S/C22H30N6O2/c1-30-21-12-20(25-16-26-21)27-10-6-19(7-11-27)28-9-3-5-18(15-28)22(29)24-14-17-4-2-8-23-13-17/h2,4,8,12-13,16,18-19H,3,5-7,9-11,14-15H2,1H3,(H,24,29)/t18-/m1/s1. The summed E-state index contributed by atoms with van der Waals surface area (Å²) < 4.78 is 5.22. The van der Waals surface area contributed by atoms with Crippen LogP contribution in [0, 0.1) is 5.92 Å². The van der Waals surface area contributed by atoms with Crippen LogP contribution in [0.5, 0.6) is 5.88 Å². The number of anilines is 1. The minimum absolute atomic E-state index is 0.0691. The molecule has 1 atom stereocenters. The van der Waals surface area contributed by atoms with Crippen molar-refractivity contribution in [2.45, 2.75) is 38.3 Å². The predicted octanol–water partition coefficient (Wildman–Crippen LogP) is 1.88. The molecule has 1 N–H and O–H groups in total. The van der Waals surface area contributed by atoms with Gasteiger partial charge in [0.1, 0.15) is 12.1 Å². The Morgan fingerprint density at radius 1 is 1.23 bits per heavy atom. The largest absolute Gasteiger partial charge is 0.481 e. The average molecular weight is 411 g/mol. The summed E-state index contributed by atoms with van der Waals surface area (Å²) >= 11 is 0. The molecule has 0 bridgehead atoms. The highest BCUT2D eigenvalue weighted by Gasteiger charge is 2.31. The van der Waals surface area contributed by atoms with E-state index < -0.39 is 0 Å². The SMILES string of the molecule is COc1cc(N2CCC(N3CCC[C@@H](C(=O)NCc4cccnc4)C3)CC2)ncn1. The van der Waals surface area contributed by atoms with Crippen LogP contribution in [0.1, 0.15) is 31.2 Å². The lowest BCUT2D eigenvalue weighted by atomic mass is 9.93. The molecule has 0 saturated carbocycles. The number of likely N-dealkylation sites (tertiary alicyclic amines) is 1. The molecule has 4 rings (SSSR count). The van der Waals surface area contributed by atoms with E-state index in [1.165, 1.54) is 0 Å². The fraction of sp³-hybridized carbons (Fsp3) is 0.545. The van der Waals surface area contributed by atoms with Crippen molar-refractivity contribution in [1.29, 1.82) is 0 Å². The first-order valence-electron chi connectivity index (χ1n) is 10.7. The van der Waals surface area contributed by atoms with E-state index in [-0.39, 0.29) is 11.8 Å². The van der Waals surface area contributed by atoms with E-state index in [2.05, 4.69) is 30.1 Å². The highest BCUT2D eigenvalue weighted by atomic mass is 16.5. The minimum Gasteiger partial charge on any atom is -0.481 e. The number of hydrogen-bond donors (Lipinski definition) is 1. The van der Waals surface area contributed by atoms with Gasteiger partial charge in [0.2, 0.25) is 11.8 Å².